The van der Waals surface area contributed by atoms with E-state index in [-0.39, 0.29) is 24.4 Å². The van der Waals surface area contributed by atoms with Crippen molar-refractivity contribution in [1.29, 1.82) is 0 Å². The summed E-state index contributed by atoms with van der Waals surface area (Å²) in [6, 6.07) is -0.588. The zero-order chi connectivity index (χ0) is 17.4. The first-order valence-corrected chi connectivity index (χ1v) is 9.14. The fourth-order valence-corrected chi connectivity index (χ4v) is 3.56. The molecule has 1 aliphatic carbocycles. The molecule has 7 heteroatoms. The number of nitrogens with one attached hydrogen (secondary N) is 2. The molecule has 1 saturated carbocycles. The lowest BCUT2D eigenvalue weighted by molar-refractivity contribution is -0.152. The second-order valence-corrected chi connectivity index (χ2v) is 6.78. The number of piperidine rings is 1. The van der Waals surface area contributed by atoms with E-state index in [1.165, 1.54) is 24.2 Å². The van der Waals surface area contributed by atoms with Gasteiger partial charge in [-0.2, -0.15) is 0 Å². The minimum atomic E-state index is -0.923. The van der Waals surface area contributed by atoms with Crippen LogP contribution in [0.1, 0.15) is 64.2 Å². The number of aliphatic carboxylic acids is 1. The van der Waals surface area contributed by atoms with Gasteiger partial charge in [0.05, 0.1) is 0 Å². The molecule has 1 atom stereocenters. The minimum absolute atomic E-state index is 0.128. The third-order valence-corrected chi connectivity index (χ3v) is 4.90. The number of rotatable bonds is 6. The molecule has 0 aromatic heterocycles. The predicted octanol–water partition coefficient (Wildman–Crippen LogP) is 1.86. The van der Waals surface area contributed by atoms with Gasteiger partial charge in [0.2, 0.25) is 5.91 Å². The van der Waals surface area contributed by atoms with Crippen molar-refractivity contribution >= 4 is 17.9 Å². The molecule has 0 spiro atoms. The van der Waals surface area contributed by atoms with Gasteiger partial charge < -0.3 is 20.6 Å². The average molecular weight is 339 g/mol. The molecule has 2 rings (SSSR count). The number of urea groups is 1. The molecule has 2 fully saturated rings. The van der Waals surface area contributed by atoms with Gasteiger partial charge in [-0.05, 0) is 38.5 Å². The Balaban J connectivity index is 1.63. The summed E-state index contributed by atoms with van der Waals surface area (Å²) in [6.07, 6.45) is 8.70. The molecule has 3 N–H and O–H groups in total. The Morgan fingerprint density at radius 3 is 2.42 bits per heavy atom. The van der Waals surface area contributed by atoms with Crippen molar-refractivity contribution in [3.05, 3.63) is 0 Å². The Morgan fingerprint density at radius 2 is 1.71 bits per heavy atom. The van der Waals surface area contributed by atoms with E-state index in [2.05, 4.69) is 10.6 Å². The molecule has 1 aliphatic heterocycles. The van der Waals surface area contributed by atoms with Crippen LogP contribution in [0.3, 0.4) is 0 Å². The number of hydrogen-bond donors (Lipinski definition) is 3. The summed E-state index contributed by atoms with van der Waals surface area (Å²) in [7, 11) is 0. The van der Waals surface area contributed by atoms with E-state index in [0.29, 0.717) is 25.9 Å². The van der Waals surface area contributed by atoms with Crippen molar-refractivity contribution in [3.63, 3.8) is 0 Å². The maximum atomic E-state index is 12.2. The molecule has 136 valence electrons. The number of carboxylic acids is 1. The highest BCUT2D eigenvalue weighted by molar-refractivity contribution is 5.84. The summed E-state index contributed by atoms with van der Waals surface area (Å²) in [6.45, 7) is 0.946. The number of carbonyl (C=O) groups excluding carboxylic acids is 2. The van der Waals surface area contributed by atoms with Crippen molar-refractivity contribution in [2.24, 2.45) is 0 Å². The zero-order valence-electron chi connectivity index (χ0n) is 14.3. The first-order valence-electron chi connectivity index (χ1n) is 9.14. The van der Waals surface area contributed by atoms with Crippen molar-refractivity contribution in [3.8, 4) is 0 Å². The van der Waals surface area contributed by atoms with Gasteiger partial charge in [-0.25, -0.2) is 9.59 Å². The standard InChI is InChI=1S/C17H29N3O4/c21-15(20-12-5-4-9-14(20)16(22)23)10-6-11-18-17(24)19-13-7-2-1-3-8-13/h13-14H,1-12H2,(H,22,23)(H2,18,19,24). The highest BCUT2D eigenvalue weighted by atomic mass is 16.4. The van der Waals surface area contributed by atoms with E-state index in [0.717, 1.165) is 25.7 Å². The van der Waals surface area contributed by atoms with Crippen LogP contribution in [0.5, 0.6) is 0 Å². The molecule has 3 amide bonds. The number of nitrogens with zero attached hydrogens (tertiary/aromatic N) is 1. The van der Waals surface area contributed by atoms with Crippen LogP contribution in [0.25, 0.3) is 0 Å². The van der Waals surface area contributed by atoms with Crippen LogP contribution >= 0.6 is 0 Å². The van der Waals surface area contributed by atoms with Gasteiger partial charge in [0, 0.05) is 25.6 Å². The average Bonchev–Trinajstić information content (AvgIpc) is 2.59. The van der Waals surface area contributed by atoms with Crippen molar-refractivity contribution in [1.82, 2.24) is 15.5 Å². The van der Waals surface area contributed by atoms with Crippen LogP contribution < -0.4 is 10.6 Å². The SMILES string of the molecule is O=C(NCCCC(=O)N1CCCCC1C(=O)O)NC1CCCCC1. The van der Waals surface area contributed by atoms with E-state index in [4.69, 9.17) is 0 Å². The summed E-state index contributed by atoms with van der Waals surface area (Å²) < 4.78 is 0. The molecule has 0 aromatic rings. The van der Waals surface area contributed by atoms with E-state index < -0.39 is 12.0 Å². The first-order chi connectivity index (χ1) is 11.6. The van der Waals surface area contributed by atoms with Crippen LogP contribution in [-0.4, -0.2) is 53.1 Å². The predicted molar refractivity (Wildman–Crippen MR) is 89.6 cm³/mol. The van der Waals surface area contributed by atoms with Gasteiger partial charge in [0.25, 0.3) is 0 Å². The van der Waals surface area contributed by atoms with Crippen molar-refractivity contribution in [2.75, 3.05) is 13.1 Å². The second kappa shape index (κ2) is 9.49. The summed E-state index contributed by atoms with van der Waals surface area (Å²) in [5.41, 5.74) is 0. The lowest BCUT2D eigenvalue weighted by atomic mass is 9.96. The fraction of sp³-hybridized carbons (Fsp3) is 0.824. The molecule has 0 bridgehead atoms. The largest absolute Gasteiger partial charge is 0.480 e. The molecular weight excluding hydrogens is 310 g/mol. The Hall–Kier alpha value is -1.79. The third kappa shape index (κ3) is 5.69. The van der Waals surface area contributed by atoms with Crippen LogP contribution in [0.15, 0.2) is 0 Å². The smallest absolute Gasteiger partial charge is 0.326 e. The summed E-state index contributed by atoms with van der Waals surface area (Å²) in [4.78, 5) is 36.7. The highest BCUT2D eigenvalue weighted by Crippen LogP contribution is 2.19. The number of carboxylic acid groups (broad SMARTS) is 1. The van der Waals surface area contributed by atoms with Gasteiger partial charge in [-0.1, -0.05) is 19.3 Å². The van der Waals surface area contributed by atoms with Gasteiger partial charge in [-0.3, -0.25) is 4.79 Å². The van der Waals surface area contributed by atoms with Gasteiger partial charge >= 0.3 is 12.0 Å². The molecule has 0 aromatic carbocycles. The molecule has 1 unspecified atom stereocenters. The molecule has 7 nitrogen and oxygen atoms in total. The van der Waals surface area contributed by atoms with Gasteiger partial charge in [-0.15, -0.1) is 0 Å². The van der Waals surface area contributed by atoms with Crippen molar-refractivity contribution in [2.45, 2.75) is 76.3 Å². The number of hydrogen-bond acceptors (Lipinski definition) is 3. The lowest BCUT2D eigenvalue weighted by Crippen LogP contribution is -2.48. The molecular formula is C17H29N3O4. The Bertz CT molecular complexity index is 449. The lowest BCUT2D eigenvalue weighted by Gasteiger charge is -2.33. The van der Waals surface area contributed by atoms with E-state index in [1.807, 2.05) is 0 Å². The van der Waals surface area contributed by atoms with Gasteiger partial charge in [0.1, 0.15) is 6.04 Å². The molecule has 0 radical (unpaired) electrons. The Labute approximate surface area is 143 Å². The molecule has 1 saturated heterocycles. The van der Waals surface area contributed by atoms with Crippen molar-refractivity contribution < 1.29 is 19.5 Å². The highest BCUT2D eigenvalue weighted by Gasteiger charge is 2.31. The molecule has 2 aliphatic rings. The Morgan fingerprint density at radius 1 is 1.00 bits per heavy atom. The van der Waals surface area contributed by atoms with Crippen LogP contribution in [0, 0.1) is 0 Å². The summed E-state index contributed by atoms with van der Waals surface area (Å²) in [5, 5.41) is 15.0. The maximum Gasteiger partial charge on any atom is 0.326 e. The van der Waals surface area contributed by atoms with E-state index in [1.54, 1.807) is 0 Å². The second-order valence-electron chi connectivity index (χ2n) is 6.78. The summed E-state index contributed by atoms with van der Waals surface area (Å²) in [5.74, 6) is -1.05. The monoisotopic (exact) mass is 339 g/mol. The molecule has 24 heavy (non-hydrogen) atoms. The maximum absolute atomic E-state index is 12.2. The van der Waals surface area contributed by atoms with E-state index >= 15 is 0 Å². The fourth-order valence-electron chi connectivity index (χ4n) is 3.56. The van der Waals surface area contributed by atoms with E-state index in [9.17, 15) is 19.5 Å². The third-order valence-electron chi connectivity index (χ3n) is 4.90. The topological polar surface area (TPSA) is 98.7 Å². The van der Waals surface area contributed by atoms with Crippen LogP contribution in [-0.2, 0) is 9.59 Å². The zero-order valence-corrected chi connectivity index (χ0v) is 14.3. The van der Waals surface area contributed by atoms with Crippen LogP contribution in [0.2, 0.25) is 0 Å². The summed E-state index contributed by atoms with van der Waals surface area (Å²) >= 11 is 0. The Kier molecular flexibility index (Phi) is 7.34. The van der Waals surface area contributed by atoms with Gasteiger partial charge in [0.15, 0.2) is 0 Å². The first kappa shape index (κ1) is 18.5. The molecule has 1 heterocycles. The number of likely N-dealkylation sites (tertiary alicyclic amines) is 1. The minimum Gasteiger partial charge on any atom is -0.480 e. The quantitative estimate of drug-likeness (QED) is 0.643. The normalized spacial score (nSPS) is 22.0. The van der Waals surface area contributed by atoms with Crippen LogP contribution in [0.4, 0.5) is 4.79 Å². The number of amides is 3. The number of carbonyl (C=O) groups is 3.